The molecule has 0 atom stereocenters. The first kappa shape index (κ1) is 16.0. The van der Waals surface area contributed by atoms with Crippen LogP contribution in [0.5, 0.6) is 5.75 Å². The maximum absolute atomic E-state index is 11.7. The monoisotopic (exact) mass is 316 g/mol. The average molecular weight is 317 g/mol. The Kier molecular flexibility index (Phi) is 5.55. The number of hydrazone groups is 1. The molecular weight excluding hydrogens is 300 g/mol. The summed E-state index contributed by atoms with van der Waals surface area (Å²) >= 11 is 5.93. The number of aryl methyl sites for hydroxylation is 1. The van der Waals surface area contributed by atoms with E-state index in [0.29, 0.717) is 10.8 Å². The van der Waals surface area contributed by atoms with Crippen LogP contribution in [0.15, 0.2) is 53.6 Å². The fourth-order valence-corrected chi connectivity index (χ4v) is 1.90. The summed E-state index contributed by atoms with van der Waals surface area (Å²) < 4.78 is 5.40. The van der Waals surface area contributed by atoms with Gasteiger partial charge < -0.3 is 4.74 Å². The molecule has 0 heterocycles. The molecule has 0 aliphatic heterocycles. The van der Waals surface area contributed by atoms with E-state index in [4.69, 9.17) is 16.3 Å². The van der Waals surface area contributed by atoms with Crippen molar-refractivity contribution < 1.29 is 9.53 Å². The standard InChI is InChI=1S/C17H17ClN2O2/c1-12-10-15(8-9-16(12)18)22-11-17(21)20-19-13(2)14-6-4-3-5-7-14/h3-10H,11H2,1-2H3,(H,20,21). The van der Waals surface area contributed by atoms with Crippen molar-refractivity contribution in [2.24, 2.45) is 5.10 Å². The van der Waals surface area contributed by atoms with E-state index < -0.39 is 0 Å². The normalized spacial score (nSPS) is 11.1. The Morgan fingerprint density at radius 1 is 1.23 bits per heavy atom. The Hall–Kier alpha value is -2.33. The summed E-state index contributed by atoms with van der Waals surface area (Å²) in [5.41, 5.74) is 5.06. The average Bonchev–Trinajstić information content (AvgIpc) is 2.54. The summed E-state index contributed by atoms with van der Waals surface area (Å²) in [7, 11) is 0. The molecule has 114 valence electrons. The van der Waals surface area contributed by atoms with E-state index in [9.17, 15) is 4.79 Å². The third-order valence-electron chi connectivity index (χ3n) is 3.04. The quantitative estimate of drug-likeness (QED) is 0.677. The number of hydrogen-bond acceptors (Lipinski definition) is 3. The van der Waals surface area contributed by atoms with Gasteiger partial charge in [0.2, 0.25) is 0 Å². The molecule has 5 heteroatoms. The van der Waals surface area contributed by atoms with Gasteiger partial charge in [-0.05, 0) is 43.2 Å². The van der Waals surface area contributed by atoms with Gasteiger partial charge in [0.05, 0.1) is 5.71 Å². The predicted octanol–water partition coefficient (Wildman–Crippen LogP) is 3.57. The molecular formula is C17H17ClN2O2. The second-order valence-electron chi connectivity index (χ2n) is 4.80. The van der Waals surface area contributed by atoms with Crippen molar-refractivity contribution in [3.8, 4) is 5.75 Å². The van der Waals surface area contributed by atoms with Gasteiger partial charge in [-0.25, -0.2) is 5.43 Å². The summed E-state index contributed by atoms with van der Waals surface area (Å²) in [6.45, 7) is 3.61. The predicted molar refractivity (Wildman–Crippen MR) is 88.5 cm³/mol. The van der Waals surface area contributed by atoms with Gasteiger partial charge in [-0.3, -0.25) is 4.79 Å². The van der Waals surface area contributed by atoms with Crippen LogP contribution in [0.2, 0.25) is 5.02 Å². The van der Waals surface area contributed by atoms with Crippen LogP contribution in [0.4, 0.5) is 0 Å². The number of hydrogen-bond donors (Lipinski definition) is 1. The Morgan fingerprint density at radius 3 is 2.64 bits per heavy atom. The molecule has 22 heavy (non-hydrogen) atoms. The van der Waals surface area contributed by atoms with Crippen molar-refractivity contribution in [3.63, 3.8) is 0 Å². The molecule has 0 bridgehead atoms. The number of nitrogens with one attached hydrogen (secondary N) is 1. The van der Waals surface area contributed by atoms with Gasteiger partial charge in [-0.2, -0.15) is 5.10 Å². The smallest absolute Gasteiger partial charge is 0.277 e. The molecule has 1 amide bonds. The number of carbonyl (C=O) groups excluding carboxylic acids is 1. The number of nitrogens with zero attached hydrogens (tertiary/aromatic N) is 1. The van der Waals surface area contributed by atoms with Crippen LogP contribution in [0.25, 0.3) is 0 Å². The van der Waals surface area contributed by atoms with Crippen molar-refractivity contribution in [1.82, 2.24) is 5.43 Å². The molecule has 0 radical (unpaired) electrons. The largest absolute Gasteiger partial charge is 0.484 e. The van der Waals surface area contributed by atoms with Gasteiger partial charge in [0, 0.05) is 5.02 Å². The second kappa shape index (κ2) is 7.61. The minimum Gasteiger partial charge on any atom is -0.484 e. The highest BCUT2D eigenvalue weighted by Gasteiger charge is 2.04. The van der Waals surface area contributed by atoms with E-state index in [-0.39, 0.29) is 12.5 Å². The first-order valence-electron chi connectivity index (χ1n) is 6.84. The molecule has 2 aromatic carbocycles. The van der Waals surface area contributed by atoms with Gasteiger partial charge in [0.25, 0.3) is 5.91 Å². The summed E-state index contributed by atoms with van der Waals surface area (Å²) in [5, 5.41) is 4.72. The highest BCUT2D eigenvalue weighted by atomic mass is 35.5. The molecule has 0 spiro atoms. The van der Waals surface area contributed by atoms with Gasteiger partial charge in [0.1, 0.15) is 5.75 Å². The van der Waals surface area contributed by atoms with Crippen molar-refractivity contribution in [3.05, 3.63) is 64.7 Å². The minimum atomic E-state index is -0.317. The van der Waals surface area contributed by atoms with Crippen LogP contribution in [-0.4, -0.2) is 18.2 Å². The molecule has 0 saturated carbocycles. The Bertz CT molecular complexity index is 684. The van der Waals surface area contributed by atoms with Crippen LogP contribution in [0, 0.1) is 6.92 Å². The van der Waals surface area contributed by atoms with E-state index >= 15 is 0 Å². The Morgan fingerprint density at radius 2 is 1.95 bits per heavy atom. The lowest BCUT2D eigenvalue weighted by molar-refractivity contribution is -0.123. The lowest BCUT2D eigenvalue weighted by Crippen LogP contribution is -2.25. The molecule has 2 aromatic rings. The van der Waals surface area contributed by atoms with Crippen LogP contribution in [-0.2, 0) is 4.79 Å². The van der Waals surface area contributed by atoms with E-state index in [1.807, 2.05) is 44.2 Å². The number of rotatable bonds is 5. The van der Waals surface area contributed by atoms with Gasteiger partial charge in [0.15, 0.2) is 6.61 Å². The zero-order valence-corrected chi connectivity index (χ0v) is 13.2. The van der Waals surface area contributed by atoms with Crippen LogP contribution in [0.3, 0.4) is 0 Å². The highest BCUT2D eigenvalue weighted by Crippen LogP contribution is 2.20. The SMILES string of the molecule is CC(=NNC(=O)COc1ccc(Cl)c(C)c1)c1ccccc1. The third kappa shape index (κ3) is 4.60. The number of amides is 1. The van der Waals surface area contributed by atoms with Gasteiger partial charge in [-0.1, -0.05) is 41.9 Å². The first-order chi connectivity index (χ1) is 10.6. The lowest BCUT2D eigenvalue weighted by Gasteiger charge is -2.07. The number of ether oxygens (including phenoxy) is 1. The van der Waals surface area contributed by atoms with Crippen molar-refractivity contribution >= 4 is 23.2 Å². The van der Waals surface area contributed by atoms with Gasteiger partial charge in [-0.15, -0.1) is 0 Å². The van der Waals surface area contributed by atoms with Crippen molar-refractivity contribution in [2.75, 3.05) is 6.61 Å². The summed E-state index contributed by atoms with van der Waals surface area (Å²) in [6, 6.07) is 14.9. The summed E-state index contributed by atoms with van der Waals surface area (Å²) in [4.78, 5) is 11.7. The van der Waals surface area contributed by atoms with E-state index in [0.717, 1.165) is 16.8 Å². The molecule has 2 rings (SSSR count). The molecule has 4 nitrogen and oxygen atoms in total. The van der Waals surface area contributed by atoms with E-state index in [2.05, 4.69) is 10.5 Å². The van der Waals surface area contributed by atoms with Crippen LogP contribution >= 0.6 is 11.6 Å². The van der Waals surface area contributed by atoms with E-state index in [1.165, 1.54) is 0 Å². The molecule has 0 aromatic heterocycles. The third-order valence-corrected chi connectivity index (χ3v) is 3.46. The Labute approximate surface area is 134 Å². The van der Waals surface area contributed by atoms with Crippen LogP contribution in [0.1, 0.15) is 18.1 Å². The zero-order chi connectivity index (χ0) is 15.9. The fraction of sp³-hybridized carbons (Fsp3) is 0.176. The summed E-state index contributed by atoms with van der Waals surface area (Å²) in [5.74, 6) is 0.281. The highest BCUT2D eigenvalue weighted by molar-refractivity contribution is 6.31. The molecule has 0 unspecified atom stereocenters. The topological polar surface area (TPSA) is 50.7 Å². The van der Waals surface area contributed by atoms with Gasteiger partial charge >= 0.3 is 0 Å². The Balaban J connectivity index is 1.86. The second-order valence-corrected chi connectivity index (χ2v) is 5.21. The lowest BCUT2D eigenvalue weighted by atomic mass is 10.1. The summed E-state index contributed by atoms with van der Waals surface area (Å²) in [6.07, 6.45) is 0. The van der Waals surface area contributed by atoms with E-state index in [1.54, 1.807) is 18.2 Å². The maximum atomic E-state index is 11.7. The number of benzene rings is 2. The van der Waals surface area contributed by atoms with Crippen LogP contribution < -0.4 is 10.2 Å². The molecule has 1 N–H and O–H groups in total. The number of halogens is 1. The fourth-order valence-electron chi connectivity index (χ4n) is 1.78. The molecule has 0 aliphatic carbocycles. The number of carbonyl (C=O) groups is 1. The van der Waals surface area contributed by atoms with Crippen molar-refractivity contribution in [1.29, 1.82) is 0 Å². The first-order valence-corrected chi connectivity index (χ1v) is 7.21. The molecule has 0 aliphatic rings. The molecule has 0 saturated heterocycles. The van der Waals surface area contributed by atoms with Crippen molar-refractivity contribution in [2.45, 2.75) is 13.8 Å². The minimum absolute atomic E-state index is 0.105. The molecule has 0 fully saturated rings. The maximum Gasteiger partial charge on any atom is 0.277 e. The zero-order valence-electron chi connectivity index (χ0n) is 12.5.